The standard InChI is InChI=1S/C22H23F3N6O3S/c1-12-19(29-9-16(30-12)34-10-17-28-4-5-33-17)20(32)31-14-6-13(18(25)15(24)7-14)8-22(2,11-23)35-21(26)27-3/h4-7,9H,8,10-11H2,1-3H3,(H2,26,27)(H,31,32)/t22-/m1/s1. The van der Waals surface area contributed by atoms with Gasteiger partial charge in [0.25, 0.3) is 5.91 Å². The smallest absolute Gasteiger partial charge is 0.276 e. The molecule has 13 heteroatoms. The van der Waals surface area contributed by atoms with Gasteiger partial charge in [0.15, 0.2) is 23.4 Å². The highest BCUT2D eigenvalue weighted by Crippen LogP contribution is 2.32. The zero-order valence-electron chi connectivity index (χ0n) is 19.1. The molecule has 1 amide bonds. The molecular formula is C22H23F3N6O3S. The van der Waals surface area contributed by atoms with Crippen molar-refractivity contribution in [3.63, 3.8) is 0 Å². The summed E-state index contributed by atoms with van der Waals surface area (Å²) < 4.78 is 51.8. The maximum atomic E-state index is 14.5. The maximum absolute atomic E-state index is 14.5. The minimum Gasteiger partial charge on any atom is -0.467 e. The Balaban J connectivity index is 1.76. The van der Waals surface area contributed by atoms with Crippen LogP contribution in [0.15, 0.2) is 40.2 Å². The molecule has 9 nitrogen and oxygen atoms in total. The molecule has 1 atom stereocenters. The van der Waals surface area contributed by atoms with E-state index in [1.807, 2.05) is 0 Å². The van der Waals surface area contributed by atoms with Gasteiger partial charge in [0.1, 0.15) is 18.6 Å². The number of hydrogen-bond donors (Lipinski definition) is 2. The minimum atomic E-state index is -1.20. The summed E-state index contributed by atoms with van der Waals surface area (Å²) in [5.41, 5.74) is 5.71. The summed E-state index contributed by atoms with van der Waals surface area (Å²) in [6.07, 6.45) is 3.91. The van der Waals surface area contributed by atoms with E-state index in [2.05, 4.69) is 25.3 Å². The molecule has 3 aromatic rings. The van der Waals surface area contributed by atoms with Crippen LogP contribution in [0.5, 0.6) is 5.88 Å². The fourth-order valence-corrected chi connectivity index (χ4v) is 3.94. The molecule has 186 valence electrons. The van der Waals surface area contributed by atoms with E-state index in [1.165, 1.54) is 38.7 Å². The van der Waals surface area contributed by atoms with E-state index in [1.54, 1.807) is 6.92 Å². The Hall–Kier alpha value is -3.61. The van der Waals surface area contributed by atoms with Crippen molar-refractivity contribution in [2.75, 3.05) is 19.0 Å². The van der Waals surface area contributed by atoms with Crippen LogP contribution >= 0.6 is 11.8 Å². The van der Waals surface area contributed by atoms with Crippen LogP contribution in [-0.4, -0.2) is 44.5 Å². The van der Waals surface area contributed by atoms with Crippen molar-refractivity contribution in [2.45, 2.75) is 31.6 Å². The molecule has 0 aliphatic rings. The third-order valence-electron chi connectivity index (χ3n) is 4.75. The molecule has 0 spiro atoms. The number of aryl methyl sites for hydroxylation is 1. The SMILES string of the molecule is C/N=C(/N)S[C@@](C)(CF)Cc1cc(NC(=O)c2ncc(OCc3ncco3)nc2C)cc(F)c1F. The average molecular weight is 509 g/mol. The molecule has 0 fully saturated rings. The van der Waals surface area contributed by atoms with Crippen molar-refractivity contribution in [1.29, 1.82) is 0 Å². The van der Waals surface area contributed by atoms with Crippen LogP contribution in [0.2, 0.25) is 0 Å². The van der Waals surface area contributed by atoms with Gasteiger partial charge in [-0.15, -0.1) is 0 Å². The van der Waals surface area contributed by atoms with Crippen LogP contribution in [0.3, 0.4) is 0 Å². The first-order chi connectivity index (χ1) is 16.6. The lowest BCUT2D eigenvalue weighted by molar-refractivity contribution is 0.102. The molecule has 0 radical (unpaired) electrons. The van der Waals surface area contributed by atoms with E-state index < -0.39 is 29.0 Å². The fraction of sp³-hybridized carbons (Fsp3) is 0.318. The maximum Gasteiger partial charge on any atom is 0.276 e. The number of benzene rings is 1. The van der Waals surface area contributed by atoms with Crippen LogP contribution in [0.4, 0.5) is 18.9 Å². The molecule has 2 heterocycles. The van der Waals surface area contributed by atoms with Gasteiger partial charge >= 0.3 is 0 Å². The zero-order valence-corrected chi connectivity index (χ0v) is 20.0. The third kappa shape index (κ3) is 6.72. The van der Waals surface area contributed by atoms with Gasteiger partial charge in [0.05, 0.1) is 22.8 Å². The number of thioether (sulfide) groups is 1. The zero-order chi connectivity index (χ0) is 25.6. The number of amides is 1. The second-order valence-corrected chi connectivity index (χ2v) is 9.27. The Kier molecular flexibility index (Phi) is 8.33. The van der Waals surface area contributed by atoms with Gasteiger partial charge in [-0.05, 0) is 31.9 Å². The van der Waals surface area contributed by atoms with E-state index in [0.717, 1.165) is 17.8 Å². The number of carbonyl (C=O) groups is 1. The van der Waals surface area contributed by atoms with E-state index in [0.29, 0.717) is 5.89 Å². The lowest BCUT2D eigenvalue weighted by atomic mass is 10.00. The van der Waals surface area contributed by atoms with Gasteiger partial charge in [0.2, 0.25) is 11.8 Å². The second-order valence-electron chi connectivity index (χ2n) is 7.67. The number of hydrogen-bond acceptors (Lipinski definition) is 8. The van der Waals surface area contributed by atoms with Crippen molar-refractivity contribution in [1.82, 2.24) is 15.0 Å². The predicted molar refractivity (Wildman–Crippen MR) is 125 cm³/mol. The summed E-state index contributed by atoms with van der Waals surface area (Å²) in [5.74, 6) is -2.55. The number of amidine groups is 1. The minimum absolute atomic E-state index is 0.0239. The van der Waals surface area contributed by atoms with Crippen LogP contribution in [0, 0.1) is 18.6 Å². The fourth-order valence-electron chi connectivity index (χ4n) is 3.06. The Morgan fingerprint density at radius 2 is 2.11 bits per heavy atom. The Morgan fingerprint density at radius 3 is 2.74 bits per heavy atom. The van der Waals surface area contributed by atoms with E-state index in [4.69, 9.17) is 14.9 Å². The number of carbonyl (C=O) groups excluding carboxylic acids is 1. The number of oxazole rings is 1. The first-order valence-corrected chi connectivity index (χ1v) is 11.1. The number of halogens is 3. The Bertz CT molecular complexity index is 1230. The molecule has 0 aliphatic carbocycles. The number of ether oxygens (including phenoxy) is 1. The van der Waals surface area contributed by atoms with Crippen LogP contribution in [0.1, 0.15) is 34.6 Å². The van der Waals surface area contributed by atoms with Crippen LogP contribution < -0.4 is 15.8 Å². The third-order valence-corrected chi connectivity index (χ3v) is 5.88. The summed E-state index contributed by atoms with van der Waals surface area (Å²) >= 11 is 0.916. The van der Waals surface area contributed by atoms with Gasteiger partial charge in [-0.3, -0.25) is 9.79 Å². The molecule has 0 aliphatic heterocycles. The van der Waals surface area contributed by atoms with Crippen molar-refractivity contribution in [2.24, 2.45) is 10.7 Å². The van der Waals surface area contributed by atoms with Crippen molar-refractivity contribution in [3.8, 4) is 5.88 Å². The molecule has 0 unspecified atom stereocenters. The van der Waals surface area contributed by atoms with Crippen LogP contribution in [-0.2, 0) is 13.0 Å². The number of nitrogens with zero attached hydrogens (tertiary/aromatic N) is 4. The number of anilines is 1. The Morgan fingerprint density at radius 1 is 1.34 bits per heavy atom. The average Bonchev–Trinajstić information content (AvgIpc) is 3.34. The van der Waals surface area contributed by atoms with Crippen molar-refractivity contribution >= 4 is 28.5 Å². The predicted octanol–water partition coefficient (Wildman–Crippen LogP) is 3.83. The lowest BCUT2D eigenvalue weighted by Crippen LogP contribution is -2.31. The quantitative estimate of drug-likeness (QED) is 0.330. The number of aromatic nitrogens is 3. The van der Waals surface area contributed by atoms with Crippen LogP contribution in [0.25, 0.3) is 0 Å². The molecular weight excluding hydrogens is 485 g/mol. The second kappa shape index (κ2) is 11.2. The summed E-state index contributed by atoms with van der Waals surface area (Å²) in [7, 11) is 1.44. The van der Waals surface area contributed by atoms with E-state index >= 15 is 0 Å². The number of alkyl halides is 1. The summed E-state index contributed by atoms with van der Waals surface area (Å²) in [6.45, 7) is 2.21. The van der Waals surface area contributed by atoms with Gasteiger partial charge in [-0.1, -0.05) is 11.8 Å². The topological polar surface area (TPSA) is 129 Å². The summed E-state index contributed by atoms with van der Waals surface area (Å²) in [6, 6.07) is 2.07. The van der Waals surface area contributed by atoms with Crippen molar-refractivity contribution < 1.29 is 27.1 Å². The van der Waals surface area contributed by atoms with Gasteiger partial charge in [-0.2, -0.15) is 0 Å². The monoisotopic (exact) mass is 508 g/mol. The van der Waals surface area contributed by atoms with Gasteiger partial charge < -0.3 is 20.2 Å². The number of aliphatic imine (C=N–C) groups is 1. The lowest BCUT2D eigenvalue weighted by Gasteiger charge is -2.25. The number of nitrogens with one attached hydrogen (secondary N) is 1. The van der Waals surface area contributed by atoms with E-state index in [-0.39, 0.29) is 46.7 Å². The molecule has 0 saturated heterocycles. The highest BCUT2D eigenvalue weighted by atomic mass is 32.2. The molecule has 0 saturated carbocycles. The highest BCUT2D eigenvalue weighted by molar-refractivity contribution is 8.15. The first-order valence-electron chi connectivity index (χ1n) is 10.3. The number of rotatable bonds is 9. The van der Waals surface area contributed by atoms with Gasteiger partial charge in [0, 0.05) is 18.8 Å². The molecule has 3 rings (SSSR count). The Labute approximate surface area is 203 Å². The highest BCUT2D eigenvalue weighted by Gasteiger charge is 2.30. The normalized spacial score (nSPS) is 13.4. The van der Waals surface area contributed by atoms with E-state index in [9.17, 15) is 18.0 Å². The molecule has 2 aromatic heterocycles. The molecule has 3 N–H and O–H groups in total. The molecule has 0 bridgehead atoms. The first kappa shape index (κ1) is 26.0. The molecule has 35 heavy (non-hydrogen) atoms. The number of nitrogens with two attached hydrogens (primary N) is 1. The summed E-state index contributed by atoms with van der Waals surface area (Å²) in [4.78, 5) is 28.6. The molecule has 1 aromatic carbocycles. The largest absolute Gasteiger partial charge is 0.467 e. The van der Waals surface area contributed by atoms with Gasteiger partial charge in [-0.25, -0.2) is 28.1 Å². The summed E-state index contributed by atoms with van der Waals surface area (Å²) in [5, 5.41) is 2.58. The van der Waals surface area contributed by atoms with Crippen molar-refractivity contribution in [3.05, 3.63) is 65.3 Å².